The lowest BCUT2D eigenvalue weighted by molar-refractivity contribution is -0.153. The molecule has 2 heterocycles. The topological polar surface area (TPSA) is 81.8 Å². The van der Waals surface area contributed by atoms with Crippen molar-refractivity contribution in [1.29, 1.82) is 0 Å². The van der Waals surface area contributed by atoms with Crippen LogP contribution in [-0.4, -0.2) is 28.3 Å². The Kier molecular flexibility index (Phi) is 7.58. The van der Waals surface area contributed by atoms with Crippen LogP contribution in [0.2, 0.25) is 0 Å². The largest absolute Gasteiger partial charge is 0.493 e. The number of oxazole rings is 1. The van der Waals surface area contributed by atoms with Crippen LogP contribution < -0.4 is 9.47 Å². The van der Waals surface area contributed by atoms with Crippen molar-refractivity contribution in [2.45, 2.75) is 38.5 Å². The van der Waals surface area contributed by atoms with E-state index in [2.05, 4.69) is 4.98 Å². The van der Waals surface area contributed by atoms with Gasteiger partial charge in [-0.2, -0.15) is 13.2 Å². The van der Waals surface area contributed by atoms with E-state index in [1.807, 2.05) is 24.4 Å². The van der Waals surface area contributed by atoms with Crippen molar-refractivity contribution in [1.82, 2.24) is 4.98 Å². The second-order valence-corrected chi connectivity index (χ2v) is 9.53. The van der Waals surface area contributed by atoms with Crippen LogP contribution in [-0.2, 0) is 23.8 Å². The number of halogens is 3. The summed E-state index contributed by atoms with van der Waals surface area (Å²) >= 11 is 1.55. The molecule has 1 N–H and O–H groups in total. The molecule has 10 heteroatoms. The molecule has 0 radical (unpaired) electrons. The molecule has 0 aliphatic rings. The minimum Gasteiger partial charge on any atom is -0.493 e. The second kappa shape index (κ2) is 10.7. The van der Waals surface area contributed by atoms with E-state index >= 15 is 0 Å². The number of nitrogens with zero attached hydrogens (tertiary/aromatic N) is 1. The van der Waals surface area contributed by atoms with Crippen molar-refractivity contribution in [3.63, 3.8) is 0 Å². The standard InChI is InChI=1S/C27H24F3NO5S/c1-17-22(31-24(35-17)23-4-3-15-37-23)13-14-34-20-9-5-18(6-10-20)16-26(2,25(32)33)36-21-11-7-19(8-12-21)27(28,29)30/h3-12,15H,13-14,16H2,1-2H3,(H,32,33)/t26-/m0/s1. The number of aryl methyl sites for hydroxylation is 1. The molecule has 0 amide bonds. The number of aromatic nitrogens is 1. The van der Waals surface area contributed by atoms with Gasteiger partial charge in [0.2, 0.25) is 11.5 Å². The molecule has 0 fully saturated rings. The Morgan fingerprint density at radius 1 is 1.05 bits per heavy atom. The van der Waals surface area contributed by atoms with E-state index in [-0.39, 0.29) is 12.2 Å². The van der Waals surface area contributed by atoms with Crippen LogP contribution in [0.25, 0.3) is 10.8 Å². The van der Waals surface area contributed by atoms with Crippen molar-refractivity contribution >= 4 is 17.3 Å². The lowest BCUT2D eigenvalue weighted by atomic mass is 9.96. The zero-order valence-corrected chi connectivity index (χ0v) is 20.9. The molecule has 0 aliphatic carbocycles. The number of rotatable bonds is 10. The van der Waals surface area contributed by atoms with Crippen LogP contribution in [0.4, 0.5) is 13.2 Å². The van der Waals surface area contributed by atoms with E-state index in [9.17, 15) is 23.1 Å². The lowest BCUT2D eigenvalue weighted by Gasteiger charge is -2.26. The van der Waals surface area contributed by atoms with E-state index < -0.39 is 23.3 Å². The quantitative estimate of drug-likeness (QED) is 0.242. The monoisotopic (exact) mass is 531 g/mol. The van der Waals surface area contributed by atoms with Gasteiger partial charge in [0, 0.05) is 12.8 Å². The van der Waals surface area contributed by atoms with Gasteiger partial charge < -0.3 is 19.0 Å². The van der Waals surface area contributed by atoms with Gasteiger partial charge in [-0.3, -0.25) is 0 Å². The third-order valence-corrected chi connectivity index (χ3v) is 6.53. The average Bonchev–Trinajstić information content (AvgIpc) is 3.50. The van der Waals surface area contributed by atoms with Gasteiger partial charge in [-0.05, 0) is 67.3 Å². The summed E-state index contributed by atoms with van der Waals surface area (Å²) < 4.78 is 55.5. The fourth-order valence-corrected chi connectivity index (χ4v) is 4.30. The van der Waals surface area contributed by atoms with Crippen LogP contribution >= 0.6 is 11.3 Å². The number of ether oxygens (including phenoxy) is 2. The summed E-state index contributed by atoms with van der Waals surface area (Å²) in [5.74, 6) is 0.722. The van der Waals surface area contributed by atoms with E-state index in [1.54, 1.807) is 35.6 Å². The van der Waals surface area contributed by atoms with Crippen LogP contribution in [0.3, 0.4) is 0 Å². The van der Waals surface area contributed by atoms with Crippen molar-refractivity contribution < 1.29 is 37.0 Å². The number of hydrogen-bond donors (Lipinski definition) is 1. The fourth-order valence-electron chi connectivity index (χ4n) is 3.65. The minimum atomic E-state index is -4.49. The highest BCUT2D eigenvalue weighted by Gasteiger charge is 2.36. The number of carboxylic acid groups (broad SMARTS) is 1. The van der Waals surface area contributed by atoms with Crippen LogP contribution in [0, 0.1) is 6.92 Å². The molecule has 4 aromatic rings. The molecule has 37 heavy (non-hydrogen) atoms. The van der Waals surface area contributed by atoms with E-state index in [1.165, 1.54) is 6.92 Å². The van der Waals surface area contributed by atoms with Gasteiger partial charge in [0.25, 0.3) is 0 Å². The number of thiophene rings is 1. The molecular formula is C27H24F3NO5S. The summed E-state index contributed by atoms with van der Waals surface area (Å²) in [6.07, 6.45) is -3.94. The summed E-state index contributed by atoms with van der Waals surface area (Å²) in [6.45, 7) is 3.61. The zero-order chi connectivity index (χ0) is 26.6. The Morgan fingerprint density at radius 2 is 1.73 bits per heavy atom. The summed E-state index contributed by atoms with van der Waals surface area (Å²) in [5, 5.41) is 11.7. The SMILES string of the molecule is Cc1oc(-c2cccs2)nc1CCOc1ccc(C[C@](C)(Oc2ccc(C(F)(F)F)cc2)C(=O)O)cc1. The third kappa shape index (κ3) is 6.51. The Hall–Kier alpha value is -3.79. The predicted molar refractivity (Wildman–Crippen MR) is 132 cm³/mol. The first-order chi connectivity index (χ1) is 17.5. The van der Waals surface area contributed by atoms with Gasteiger partial charge in [0.05, 0.1) is 22.7 Å². The van der Waals surface area contributed by atoms with Crippen molar-refractivity contribution in [3.8, 4) is 22.3 Å². The smallest absolute Gasteiger partial charge is 0.416 e. The Morgan fingerprint density at radius 3 is 2.32 bits per heavy atom. The van der Waals surface area contributed by atoms with Crippen LogP contribution in [0.15, 0.2) is 70.5 Å². The molecule has 0 aliphatic heterocycles. The summed E-state index contributed by atoms with van der Waals surface area (Å²) in [4.78, 5) is 17.5. The third-order valence-electron chi connectivity index (χ3n) is 5.67. The van der Waals surface area contributed by atoms with Gasteiger partial charge in [-0.1, -0.05) is 18.2 Å². The normalized spacial score (nSPS) is 13.2. The van der Waals surface area contributed by atoms with Gasteiger partial charge >= 0.3 is 12.1 Å². The molecule has 0 spiro atoms. The zero-order valence-electron chi connectivity index (χ0n) is 20.0. The average molecular weight is 532 g/mol. The maximum Gasteiger partial charge on any atom is 0.416 e. The first kappa shape index (κ1) is 26.3. The van der Waals surface area contributed by atoms with E-state index in [4.69, 9.17) is 13.9 Å². The maximum absolute atomic E-state index is 12.8. The Labute approximate surface area is 215 Å². The summed E-state index contributed by atoms with van der Waals surface area (Å²) in [5.41, 5.74) is -1.05. The van der Waals surface area contributed by atoms with E-state index in [0.717, 1.165) is 40.6 Å². The second-order valence-electron chi connectivity index (χ2n) is 8.58. The number of carboxylic acids is 1. The minimum absolute atomic E-state index is 0.00668. The fraction of sp³-hybridized carbons (Fsp3) is 0.259. The Bertz CT molecular complexity index is 1330. The molecule has 1 atom stereocenters. The van der Waals surface area contributed by atoms with Gasteiger partial charge in [-0.25, -0.2) is 9.78 Å². The van der Waals surface area contributed by atoms with Crippen LogP contribution in [0.5, 0.6) is 11.5 Å². The van der Waals surface area contributed by atoms with Gasteiger partial charge in [0.1, 0.15) is 17.3 Å². The molecule has 6 nitrogen and oxygen atoms in total. The summed E-state index contributed by atoms with van der Waals surface area (Å²) in [6, 6.07) is 14.7. The highest BCUT2D eigenvalue weighted by molar-refractivity contribution is 7.13. The van der Waals surface area contributed by atoms with Crippen molar-refractivity contribution in [3.05, 3.63) is 88.6 Å². The maximum atomic E-state index is 12.8. The molecular weight excluding hydrogens is 507 g/mol. The number of hydrogen-bond acceptors (Lipinski definition) is 6. The molecule has 0 saturated heterocycles. The van der Waals surface area contributed by atoms with E-state index in [0.29, 0.717) is 30.2 Å². The molecule has 2 aromatic heterocycles. The van der Waals surface area contributed by atoms with Crippen molar-refractivity contribution in [2.24, 2.45) is 0 Å². The number of alkyl halides is 3. The van der Waals surface area contributed by atoms with Gasteiger partial charge in [0.15, 0.2) is 0 Å². The van der Waals surface area contributed by atoms with Crippen molar-refractivity contribution in [2.75, 3.05) is 6.61 Å². The molecule has 0 unspecified atom stereocenters. The molecule has 194 valence electrons. The summed E-state index contributed by atoms with van der Waals surface area (Å²) in [7, 11) is 0. The lowest BCUT2D eigenvalue weighted by Crippen LogP contribution is -2.43. The molecule has 4 rings (SSSR count). The first-order valence-electron chi connectivity index (χ1n) is 11.3. The Balaban J connectivity index is 1.34. The van der Waals surface area contributed by atoms with Gasteiger partial charge in [-0.15, -0.1) is 11.3 Å². The van der Waals surface area contributed by atoms with Crippen LogP contribution in [0.1, 0.15) is 29.5 Å². The molecule has 0 saturated carbocycles. The number of benzene rings is 2. The first-order valence-corrected chi connectivity index (χ1v) is 12.2. The highest BCUT2D eigenvalue weighted by atomic mass is 32.1. The molecule has 2 aromatic carbocycles. The highest BCUT2D eigenvalue weighted by Crippen LogP contribution is 2.32. The number of aliphatic carboxylic acids is 1. The number of carbonyl (C=O) groups is 1. The molecule has 0 bridgehead atoms. The predicted octanol–water partition coefficient (Wildman–Crippen LogP) is 6.82.